The third kappa shape index (κ3) is 1.41. The van der Waals surface area contributed by atoms with Gasteiger partial charge in [-0.05, 0) is 6.07 Å². The van der Waals surface area contributed by atoms with Gasteiger partial charge in [0.2, 0.25) is 0 Å². The largest absolute Gasteiger partial charge is 0.507 e. The van der Waals surface area contributed by atoms with E-state index in [-0.39, 0.29) is 33.6 Å². The summed E-state index contributed by atoms with van der Waals surface area (Å²) in [6, 6.07) is 3.46. The van der Waals surface area contributed by atoms with Crippen LogP contribution in [0.1, 0.15) is 0 Å². The van der Waals surface area contributed by atoms with E-state index in [0.717, 1.165) is 12.1 Å². The van der Waals surface area contributed by atoms with Crippen LogP contribution in [0.4, 0.5) is 0 Å². The van der Waals surface area contributed by atoms with E-state index in [2.05, 4.69) is 15.0 Å². The lowest BCUT2D eigenvalue weighted by molar-refractivity contribution is 0.479. The van der Waals surface area contributed by atoms with E-state index >= 15 is 0 Å². The summed E-state index contributed by atoms with van der Waals surface area (Å²) in [4.78, 5) is 31.2. The Morgan fingerprint density at radius 2 is 1.28 bits per heavy atom. The molecule has 18 heavy (non-hydrogen) atoms. The molecule has 0 aliphatic rings. The fourth-order valence-corrected chi connectivity index (χ4v) is 1.80. The second-order valence-electron chi connectivity index (χ2n) is 3.82. The monoisotopic (exact) mass is 245 g/mol. The lowest BCUT2D eigenvalue weighted by Gasteiger charge is -2.03. The Morgan fingerprint density at radius 3 is 1.72 bits per heavy atom. The summed E-state index contributed by atoms with van der Waals surface area (Å²) in [5.41, 5.74) is -0.744. The first-order valence-electron chi connectivity index (χ1n) is 5.03. The van der Waals surface area contributed by atoms with Crippen LogP contribution in [0.15, 0.2) is 27.8 Å². The van der Waals surface area contributed by atoms with Gasteiger partial charge in [-0.2, -0.15) is 0 Å². The van der Waals surface area contributed by atoms with Crippen molar-refractivity contribution in [3.8, 4) is 11.5 Å². The fourth-order valence-electron chi connectivity index (χ4n) is 1.80. The van der Waals surface area contributed by atoms with Gasteiger partial charge in [-0.1, -0.05) is 0 Å². The Morgan fingerprint density at radius 1 is 0.833 bits per heavy atom. The minimum atomic E-state index is -0.505. The average Bonchev–Trinajstić information content (AvgIpc) is 2.26. The second-order valence-corrected chi connectivity index (χ2v) is 3.82. The molecule has 0 bridgehead atoms. The molecule has 0 atom stereocenters. The van der Waals surface area contributed by atoms with E-state index in [0.29, 0.717) is 0 Å². The third-order valence-corrected chi connectivity index (χ3v) is 2.59. The summed E-state index contributed by atoms with van der Waals surface area (Å²) in [7, 11) is 0. The number of hydrogen-bond acceptors (Lipinski definition) is 5. The van der Waals surface area contributed by atoms with Crippen LogP contribution in [0, 0.1) is 0 Å². The van der Waals surface area contributed by atoms with Crippen LogP contribution in [-0.4, -0.2) is 25.2 Å². The lowest BCUT2D eigenvalue weighted by atomic mass is 10.2. The van der Waals surface area contributed by atoms with Gasteiger partial charge in [-0.3, -0.25) is 9.59 Å². The van der Waals surface area contributed by atoms with Gasteiger partial charge in [0, 0.05) is 12.1 Å². The van der Waals surface area contributed by atoms with Crippen molar-refractivity contribution in [1.29, 1.82) is 0 Å². The number of fused-ring (bicyclic) bond motifs is 2. The Hall–Kier alpha value is -2.83. The van der Waals surface area contributed by atoms with Gasteiger partial charge in [0.15, 0.2) is 0 Å². The van der Waals surface area contributed by atoms with Gasteiger partial charge in [0.1, 0.15) is 22.8 Å². The summed E-state index contributed by atoms with van der Waals surface area (Å²) in [6.07, 6.45) is 0. The van der Waals surface area contributed by atoms with Crippen molar-refractivity contribution in [2.75, 3.05) is 0 Å². The van der Waals surface area contributed by atoms with E-state index in [1.165, 1.54) is 6.07 Å². The van der Waals surface area contributed by atoms with Gasteiger partial charge in [-0.15, -0.1) is 0 Å². The first kappa shape index (κ1) is 10.3. The molecule has 0 radical (unpaired) electrons. The number of hydrogen-bond donors (Lipinski definition) is 4. The highest BCUT2D eigenvalue weighted by Gasteiger charge is 2.09. The van der Waals surface area contributed by atoms with Gasteiger partial charge in [0.05, 0.1) is 10.8 Å². The first-order chi connectivity index (χ1) is 8.54. The Balaban J connectivity index is 2.59. The molecule has 0 amide bonds. The van der Waals surface area contributed by atoms with Crippen LogP contribution in [0.5, 0.6) is 11.5 Å². The zero-order valence-corrected chi connectivity index (χ0v) is 8.89. The number of aromatic nitrogens is 3. The number of nitrogens with zero attached hydrogens (tertiary/aromatic N) is 1. The van der Waals surface area contributed by atoms with Crippen LogP contribution in [0.3, 0.4) is 0 Å². The summed E-state index contributed by atoms with van der Waals surface area (Å²) >= 11 is 0. The predicted molar refractivity (Wildman–Crippen MR) is 63.8 cm³/mol. The highest BCUT2D eigenvalue weighted by Crippen LogP contribution is 2.26. The number of pyridine rings is 3. The zero-order valence-electron chi connectivity index (χ0n) is 8.89. The highest BCUT2D eigenvalue weighted by molar-refractivity contribution is 5.94. The molecule has 7 nitrogen and oxygen atoms in total. The Bertz CT molecular complexity index is 823. The molecule has 4 N–H and O–H groups in total. The summed E-state index contributed by atoms with van der Waals surface area (Å²) in [5.74, 6) is -0.484. The van der Waals surface area contributed by atoms with Crippen molar-refractivity contribution in [2.45, 2.75) is 0 Å². The molecule has 90 valence electrons. The van der Waals surface area contributed by atoms with Crippen molar-refractivity contribution in [1.82, 2.24) is 15.0 Å². The van der Waals surface area contributed by atoms with E-state index in [9.17, 15) is 19.8 Å². The molecule has 3 rings (SSSR count). The molecule has 7 heteroatoms. The normalized spacial score (nSPS) is 11.1. The molecule has 0 saturated carbocycles. The molecule has 3 aromatic rings. The molecule has 0 aromatic carbocycles. The van der Waals surface area contributed by atoms with Gasteiger partial charge in [0.25, 0.3) is 11.1 Å². The van der Waals surface area contributed by atoms with Crippen LogP contribution >= 0.6 is 0 Å². The number of nitrogens with one attached hydrogen (secondary N) is 2. The SMILES string of the molecule is O=c1cc(O)c2cc3c(O)cc(=O)[nH]c3nc2[nH]1. The number of H-pyrrole nitrogens is 2. The van der Waals surface area contributed by atoms with Crippen molar-refractivity contribution >= 4 is 22.1 Å². The Kier molecular flexibility index (Phi) is 1.91. The fraction of sp³-hybridized carbons (Fsp3) is 0. The average molecular weight is 245 g/mol. The maximum Gasteiger partial charge on any atom is 0.253 e. The number of aromatic amines is 2. The summed E-state index contributed by atoms with van der Waals surface area (Å²) < 4.78 is 0. The third-order valence-electron chi connectivity index (χ3n) is 2.59. The van der Waals surface area contributed by atoms with Gasteiger partial charge in [-0.25, -0.2) is 4.98 Å². The topological polar surface area (TPSA) is 119 Å². The molecule has 0 spiro atoms. The zero-order chi connectivity index (χ0) is 12.9. The molecule has 3 heterocycles. The summed E-state index contributed by atoms with van der Waals surface area (Å²) in [6.45, 7) is 0. The predicted octanol–water partition coefficient (Wildman–Crippen LogP) is 0.176. The minimum absolute atomic E-state index is 0.133. The van der Waals surface area contributed by atoms with Crippen LogP contribution < -0.4 is 11.1 Å². The van der Waals surface area contributed by atoms with Crippen molar-refractivity contribution in [3.05, 3.63) is 38.9 Å². The van der Waals surface area contributed by atoms with Crippen LogP contribution in [-0.2, 0) is 0 Å². The minimum Gasteiger partial charge on any atom is -0.507 e. The van der Waals surface area contributed by atoms with E-state index in [1.807, 2.05) is 0 Å². The van der Waals surface area contributed by atoms with Gasteiger partial charge < -0.3 is 20.2 Å². The molecular weight excluding hydrogens is 238 g/mol. The maximum absolute atomic E-state index is 11.2. The molecule has 0 aliphatic carbocycles. The van der Waals surface area contributed by atoms with E-state index < -0.39 is 11.1 Å². The van der Waals surface area contributed by atoms with E-state index in [1.54, 1.807) is 0 Å². The lowest BCUT2D eigenvalue weighted by Crippen LogP contribution is -2.07. The Labute approximate surface area is 98.4 Å². The number of aromatic hydroxyl groups is 2. The molecule has 0 aliphatic heterocycles. The van der Waals surface area contributed by atoms with Gasteiger partial charge >= 0.3 is 0 Å². The van der Waals surface area contributed by atoms with Crippen molar-refractivity contribution in [3.63, 3.8) is 0 Å². The van der Waals surface area contributed by atoms with Crippen molar-refractivity contribution < 1.29 is 10.2 Å². The van der Waals surface area contributed by atoms with E-state index in [4.69, 9.17) is 0 Å². The smallest absolute Gasteiger partial charge is 0.253 e. The molecule has 0 saturated heterocycles. The maximum atomic E-state index is 11.2. The molecule has 3 aromatic heterocycles. The second kappa shape index (κ2) is 3.33. The molecule has 0 fully saturated rings. The quantitative estimate of drug-likeness (QED) is 0.421. The standard InChI is InChI=1S/C11H7N3O4/c15-6-2-8(17)12-10-4(6)1-5-7(16)3-9(18)13-11(5)14-10/h1-3H,(H4,12,13,14,15,16,17,18). The van der Waals surface area contributed by atoms with Crippen LogP contribution in [0.2, 0.25) is 0 Å². The molecule has 0 unspecified atom stereocenters. The number of rotatable bonds is 0. The summed E-state index contributed by atoms with van der Waals surface area (Å²) in [5, 5.41) is 19.9. The van der Waals surface area contributed by atoms with Crippen LogP contribution in [0.25, 0.3) is 22.1 Å². The molecular formula is C11H7N3O4. The first-order valence-corrected chi connectivity index (χ1v) is 5.03. The highest BCUT2D eigenvalue weighted by atomic mass is 16.3. The van der Waals surface area contributed by atoms with Crippen molar-refractivity contribution in [2.24, 2.45) is 0 Å².